The van der Waals surface area contributed by atoms with Gasteiger partial charge in [-0.2, -0.15) is 0 Å². The lowest BCUT2D eigenvalue weighted by atomic mass is 10.1. The van der Waals surface area contributed by atoms with Gasteiger partial charge in [0.05, 0.1) is 5.69 Å². The molecule has 0 radical (unpaired) electrons. The minimum Gasteiger partial charge on any atom is -0.206 e. The van der Waals surface area contributed by atoms with Crippen molar-refractivity contribution in [2.24, 2.45) is 0 Å². The molecule has 4 heteroatoms. The third-order valence-corrected chi connectivity index (χ3v) is 4.28. The molecule has 0 spiro atoms. The molecule has 0 amide bonds. The zero-order chi connectivity index (χ0) is 14.1. The van der Waals surface area contributed by atoms with Gasteiger partial charge in [-0.3, -0.25) is 0 Å². The average Bonchev–Trinajstić information content (AvgIpc) is 2.82. The van der Waals surface area contributed by atoms with Crippen LogP contribution in [0.15, 0.2) is 48.5 Å². The lowest BCUT2D eigenvalue weighted by Crippen LogP contribution is -2.04. The molecule has 0 N–H and O–H groups in total. The highest BCUT2D eigenvalue weighted by Gasteiger charge is 2.15. The molecule has 2 aromatic carbocycles. The van der Waals surface area contributed by atoms with Crippen LogP contribution in [-0.2, 0) is 0 Å². The van der Waals surface area contributed by atoms with Gasteiger partial charge >= 0.3 is 0 Å². The highest BCUT2D eigenvalue weighted by molar-refractivity contribution is 14.1. The third-order valence-electron chi connectivity index (χ3n) is 3.31. The highest BCUT2D eigenvalue weighted by atomic mass is 127. The molecule has 0 saturated heterocycles. The first-order chi connectivity index (χ1) is 9.68. The summed E-state index contributed by atoms with van der Waals surface area (Å²) in [5, 5.41) is 8.69. The molecule has 3 aromatic rings. The monoisotopic (exact) mass is 375 g/mol. The number of halogens is 1. The van der Waals surface area contributed by atoms with E-state index in [9.17, 15) is 0 Å². The van der Waals surface area contributed by atoms with Crippen molar-refractivity contribution in [3.05, 3.63) is 63.4 Å². The molecule has 0 aliphatic rings. The molecule has 3 nitrogen and oxygen atoms in total. The largest absolute Gasteiger partial charge is 0.206 e. The van der Waals surface area contributed by atoms with Crippen LogP contribution in [0.3, 0.4) is 0 Å². The van der Waals surface area contributed by atoms with Gasteiger partial charge in [0.25, 0.3) is 0 Å². The quantitative estimate of drug-likeness (QED) is 0.630. The maximum absolute atomic E-state index is 4.35. The molecular formula is C16H14IN3. The third kappa shape index (κ3) is 2.24. The molecule has 0 aliphatic heterocycles. The Balaban J connectivity index is 2.17. The van der Waals surface area contributed by atoms with Crippen LogP contribution in [0.5, 0.6) is 0 Å². The Labute approximate surface area is 131 Å². The Morgan fingerprint density at radius 2 is 1.55 bits per heavy atom. The second-order valence-corrected chi connectivity index (χ2v) is 5.77. The van der Waals surface area contributed by atoms with Crippen molar-refractivity contribution in [2.75, 3.05) is 0 Å². The van der Waals surface area contributed by atoms with Crippen molar-refractivity contribution in [1.29, 1.82) is 0 Å². The van der Waals surface area contributed by atoms with Crippen LogP contribution in [-0.4, -0.2) is 15.0 Å². The molecule has 100 valence electrons. The minimum absolute atomic E-state index is 0.925. The van der Waals surface area contributed by atoms with Crippen LogP contribution in [0.1, 0.15) is 11.1 Å². The van der Waals surface area contributed by atoms with Crippen LogP contribution in [0.25, 0.3) is 16.9 Å². The summed E-state index contributed by atoms with van der Waals surface area (Å²) in [6.07, 6.45) is 0. The zero-order valence-electron chi connectivity index (χ0n) is 11.3. The van der Waals surface area contributed by atoms with E-state index in [0.29, 0.717) is 0 Å². The average molecular weight is 375 g/mol. The summed E-state index contributed by atoms with van der Waals surface area (Å²) < 4.78 is 2.96. The molecule has 20 heavy (non-hydrogen) atoms. The molecule has 0 fully saturated rings. The smallest absolute Gasteiger partial charge is 0.133 e. The van der Waals surface area contributed by atoms with Crippen molar-refractivity contribution < 1.29 is 0 Å². The molecule has 0 aliphatic carbocycles. The molecule has 0 unspecified atom stereocenters. The second kappa shape index (κ2) is 5.36. The first kappa shape index (κ1) is 13.3. The van der Waals surface area contributed by atoms with Gasteiger partial charge in [0.1, 0.15) is 9.39 Å². The Morgan fingerprint density at radius 1 is 0.900 bits per heavy atom. The first-order valence-electron chi connectivity index (χ1n) is 6.41. The van der Waals surface area contributed by atoms with E-state index in [1.807, 2.05) is 22.9 Å². The summed E-state index contributed by atoms with van der Waals surface area (Å²) in [4.78, 5) is 0. The van der Waals surface area contributed by atoms with Gasteiger partial charge in [0.15, 0.2) is 0 Å². The Morgan fingerprint density at radius 3 is 2.20 bits per heavy atom. The van der Waals surface area contributed by atoms with E-state index in [4.69, 9.17) is 0 Å². The van der Waals surface area contributed by atoms with Crippen molar-refractivity contribution in [1.82, 2.24) is 15.0 Å². The summed E-state index contributed by atoms with van der Waals surface area (Å²) in [5.74, 6) is 0. The predicted molar refractivity (Wildman–Crippen MR) is 89.0 cm³/mol. The summed E-state index contributed by atoms with van der Waals surface area (Å²) in [6.45, 7) is 4.20. The number of aryl methyl sites for hydroxylation is 2. The van der Waals surface area contributed by atoms with E-state index in [2.05, 4.69) is 77.1 Å². The molecule has 1 aromatic heterocycles. The number of hydrogen-bond donors (Lipinski definition) is 0. The summed E-state index contributed by atoms with van der Waals surface area (Å²) in [7, 11) is 0. The van der Waals surface area contributed by atoms with Crippen molar-refractivity contribution in [2.45, 2.75) is 13.8 Å². The maximum atomic E-state index is 4.35. The number of rotatable bonds is 2. The van der Waals surface area contributed by atoms with E-state index in [1.54, 1.807) is 0 Å². The summed E-state index contributed by atoms with van der Waals surface area (Å²) in [5.41, 5.74) is 5.54. The van der Waals surface area contributed by atoms with E-state index < -0.39 is 0 Å². The van der Waals surface area contributed by atoms with Crippen LogP contribution in [0.4, 0.5) is 0 Å². The van der Waals surface area contributed by atoms with Gasteiger partial charge in [-0.25, -0.2) is 4.68 Å². The highest BCUT2D eigenvalue weighted by Crippen LogP contribution is 2.27. The number of nitrogens with zero attached hydrogens (tertiary/aromatic N) is 3. The molecule has 0 atom stereocenters. The van der Waals surface area contributed by atoms with Gasteiger partial charge < -0.3 is 0 Å². The van der Waals surface area contributed by atoms with Crippen molar-refractivity contribution in [3.8, 4) is 16.9 Å². The summed E-state index contributed by atoms with van der Waals surface area (Å²) in [6, 6.07) is 16.4. The van der Waals surface area contributed by atoms with Gasteiger partial charge in [-0.15, -0.1) is 5.10 Å². The van der Waals surface area contributed by atoms with Gasteiger partial charge in [-0.05, 0) is 47.6 Å². The van der Waals surface area contributed by atoms with Gasteiger partial charge in [0.2, 0.25) is 0 Å². The van der Waals surface area contributed by atoms with Crippen LogP contribution >= 0.6 is 22.6 Å². The summed E-state index contributed by atoms with van der Waals surface area (Å²) >= 11 is 2.31. The van der Waals surface area contributed by atoms with Gasteiger partial charge in [0, 0.05) is 5.56 Å². The first-order valence-corrected chi connectivity index (χ1v) is 7.49. The Kier molecular flexibility index (Phi) is 3.56. The maximum Gasteiger partial charge on any atom is 0.133 e. The Bertz CT molecular complexity index is 727. The number of hydrogen-bond acceptors (Lipinski definition) is 2. The van der Waals surface area contributed by atoms with E-state index in [1.165, 1.54) is 11.1 Å². The van der Waals surface area contributed by atoms with E-state index >= 15 is 0 Å². The second-order valence-electron chi connectivity index (χ2n) is 4.75. The van der Waals surface area contributed by atoms with E-state index in [-0.39, 0.29) is 0 Å². The van der Waals surface area contributed by atoms with E-state index in [0.717, 1.165) is 20.6 Å². The molecule has 0 saturated carbocycles. The van der Waals surface area contributed by atoms with Crippen LogP contribution in [0.2, 0.25) is 0 Å². The Hall–Kier alpha value is -1.69. The SMILES string of the molecule is Cc1cccc(C)c1-n1nnc(-c2ccccc2)c1I. The lowest BCUT2D eigenvalue weighted by Gasteiger charge is -2.09. The molecule has 1 heterocycles. The molecular weight excluding hydrogens is 361 g/mol. The van der Waals surface area contributed by atoms with Crippen LogP contribution in [0, 0.1) is 17.5 Å². The normalized spacial score (nSPS) is 10.8. The topological polar surface area (TPSA) is 30.7 Å². The lowest BCUT2D eigenvalue weighted by molar-refractivity contribution is 0.781. The zero-order valence-corrected chi connectivity index (χ0v) is 13.5. The van der Waals surface area contributed by atoms with Crippen LogP contribution < -0.4 is 0 Å². The predicted octanol–water partition coefficient (Wildman–Crippen LogP) is 4.16. The number of aromatic nitrogens is 3. The molecule has 3 rings (SSSR count). The molecule has 0 bridgehead atoms. The van der Waals surface area contributed by atoms with Gasteiger partial charge in [-0.1, -0.05) is 53.7 Å². The van der Waals surface area contributed by atoms with Crippen molar-refractivity contribution in [3.63, 3.8) is 0 Å². The number of para-hydroxylation sites is 1. The fourth-order valence-electron chi connectivity index (χ4n) is 2.33. The number of benzene rings is 2. The minimum atomic E-state index is 0.925. The fraction of sp³-hybridized carbons (Fsp3) is 0.125. The fourth-order valence-corrected chi connectivity index (χ4v) is 3.08. The standard InChI is InChI=1S/C16H14IN3/c1-11-7-6-8-12(2)15(11)20-16(17)14(18-19-20)13-9-4-3-5-10-13/h3-10H,1-2H3. The van der Waals surface area contributed by atoms with Crippen molar-refractivity contribution >= 4 is 22.6 Å².